The molecule has 1 aromatic heterocycles. The first-order valence-corrected chi connectivity index (χ1v) is 8.36. The van der Waals surface area contributed by atoms with Gasteiger partial charge in [0.05, 0.1) is 24.4 Å². The molecule has 0 aliphatic carbocycles. The number of ether oxygens (including phenoxy) is 1. The van der Waals surface area contributed by atoms with Crippen LogP contribution in [-0.4, -0.2) is 23.7 Å². The van der Waals surface area contributed by atoms with Crippen LogP contribution in [0.15, 0.2) is 23.7 Å². The Labute approximate surface area is 144 Å². The summed E-state index contributed by atoms with van der Waals surface area (Å²) in [7, 11) is 0. The number of nitrogens with zero attached hydrogens (tertiary/aromatic N) is 1. The van der Waals surface area contributed by atoms with Gasteiger partial charge in [0.1, 0.15) is 0 Å². The van der Waals surface area contributed by atoms with Gasteiger partial charge in [0.25, 0.3) is 0 Å². The van der Waals surface area contributed by atoms with Crippen LogP contribution in [0, 0.1) is 13.8 Å². The van der Waals surface area contributed by atoms with E-state index in [9.17, 15) is 9.59 Å². The molecule has 0 saturated heterocycles. The van der Waals surface area contributed by atoms with Crippen LogP contribution in [0.1, 0.15) is 23.1 Å². The molecule has 3 N–H and O–H groups in total. The second-order valence-corrected chi connectivity index (χ2v) is 5.93. The molecule has 8 heteroatoms. The van der Waals surface area contributed by atoms with Gasteiger partial charge in [-0.15, -0.1) is 11.3 Å². The molecule has 3 amide bonds. The second-order valence-electron chi connectivity index (χ2n) is 4.99. The smallest absolute Gasteiger partial charge is 0.411 e. The van der Waals surface area contributed by atoms with Gasteiger partial charge in [-0.05, 0) is 38.5 Å². The van der Waals surface area contributed by atoms with Crippen molar-refractivity contribution in [2.75, 3.05) is 17.2 Å². The van der Waals surface area contributed by atoms with E-state index in [-0.39, 0.29) is 6.03 Å². The lowest BCUT2D eigenvalue weighted by molar-refractivity contribution is 0.168. The molecular formula is C16H20N4O3S. The van der Waals surface area contributed by atoms with Crippen molar-refractivity contribution in [3.05, 3.63) is 39.8 Å². The SMILES string of the molecule is CCOC(=O)Nc1cccc(NC(=O)NCc2scnc2C)c1C. The lowest BCUT2D eigenvalue weighted by Crippen LogP contribution is -2.28. The Morgan fingerprint density at radius 1 is 1.21 bits per heavy atom. The third-order valence-corrected chi connectivity index (χ3v) is 4.28. The third kappa shape index (κ3) is 4.69. The van der Waals surface area contributed by atoms with Crippen LogP contribution in [0.2, 0.25) is 0 Å². The lowest BCUT2D eigenvalue weighted by atomic mass is 10.1. The van der Waals surface area contributed by atoms with Crippen molar-refractivity contribution in [2.24, 2.45) is 0 Å². The molecule has 0 unspecified atom stereocenters. The number of aryl methyl sites for hydroxylation is 1. The number of urea groups is 1. The van der Waals surface area contributed by atoms with Crippen molar-refractivity contribution in [1.82, 2.24) is 10.3 Å². The standard InChI is InChI=1S/C16H20N4O3S/c1-4-23-16(22)20-13-7-5-6-12(10(13)2)19-15(21)17-8-14-11(3)18-9-24-14/h5-7,9H,4,8H2,1-3H3,(H,20,22)(H2,17,19,21). The summed E-state index contributed by atoms with van der Waals surface area (Å²) in [6, 6.07) is 4.94. The van der Waals surface area contributed by atoms with Gasteiger partial charge in [0.2, 0.25) is 0 Å². The Balaban J connectivity index is 1.97. The molecule has 0 atom stereocenters. The average molecular weight is 348 g/mol. The van der Waals surface area contributed by atoms with Crippen LogP contribution in [0.5, 0.6) is 0 Å². The quantitative estimate of drug-likeness (QED) is 0.769. The van der Waals surface area contributed by atoms with Crippen molar-refractivity contribution in [1.29, 1.82) is 0 Å². The van der Waals surface area contributed by atoms with E-state index in [4.69, 9.17) is 4.74 Å². The summed E-state index contributed by atoms with van der Waals surface area (Å²) in [5.41, 5.74) is 4.61. The van der Waals surface area contributed by atoms with E-state index in [1.54, 1.807) is 30.6 Å². The number of nitrogens with one attached hydrogen (secondary N) is 3. The van der Waals surface area contributed by atoms with Crippen LogP contribution in [-0.2, 0) is 11.3 Å². The van der Waals surface area contributed by atoms with Gasteiger partial charge in [0.15, 0.2) is 0 Å². The number of hydrogen-bond donors (Lipinski definition) is 3. The maximum atomic E-state index is 12.1. The Hall–Kier alpha value is -2.61. The molecule has 0 radical (unpaired) electrons. The number of rotatable bonds is 5. The van der Waals surface area contributed by atoms with Gasteiger partial charge in [-0.25, -0.2) is 14.6 Å². The number of amides is 3. The van der Waals surface area contributed by atoms with Crippen LogP contribution in [0.4, 0.5) is 21.0 Å². The van der Waals surface area contributed by atoms with Crippen LogP contribution < -0.4 is 16.0 Å². The predicted octanol–water partition coefficient (Wildman–Crippen LogP) is 3.65. The van der Waals surface area contributed by atoms with E-state index in [0.29, 0.717) is 24.5 Å². The zero-order valence-corrected chi connectivity index (χ0v) is 14.6. The molecule has 0 fully saturated rings. The fourth-order valence-corrected chi connectivity index (χ4v) is 2.72. The highest BCUT2D eigenvalue weighted by Gasteiger charge is 2.10. The molecule has 24 heavy (non-hydrogen) atoms. The largest absolute Gasteiger partial charge is 0.450 e. The van der Waals surface area contributed by atoms with Gasteiger partial charge in [-0.3, -0.25) is 5.32 Å². The summed E-state index contributed by atoms with van der Waals surface area (Å²) in [6.07, 6.45) is -0.525. The summed E-state index contributed by atoms with van der Waals surface area (Å²) in [4.78, 5) is 28.7. The fraction of sp³-hybridized carbons (Fsp3) is 0.312. The summed E-state index contributed by atoms with van der Waals surface area (Å²) in [5, 5.41) is 8.22. The maximum Gasteiger partial charge on any atom is 0.411 e. The van der Waals surface area contributed by atoms with E-state index in [1.165, 1.54) is 11.3 Å². The first-order chi connectivity index (χ1) is 11.5. The van der Waals surface area contributed by atoms with Crippen molar-refractivity contribution in [3.8, 4) is 0 Å². The van der Waals surface area contributed by atoms with Crippen molar-refractivity contribution in [3.63, 3.8) is 0 Å². The number of hydrogen-bond acceptors (Lipinski definition) is 5. The van der Waals surface area contributed by atoms with Crippen LogP contribution in [0.3, 0.4) is 0 Å². The Morgan fingerprint density at radius 2 is 1.92 bits per heavy atom. The first kappa shape index (κ1) is 17.7. The van der Waals surface area contributed by atoms with Crippen molar-refractivity contribution < 1.29 is 14.3 Å². The Bertz CT molecular complexity index is 730. The lowest BCUT2D eigenvalue weighted by Gasteiger charge is -2.13. The summed E-state index contributed by atoms with van der Waals surface area (Å²) in [6.45, 7) is 6.16. The molecule has 128 valence electrons. The number of carbonyl (C=O) groups excluding carboxylic acids is 2. The number of benzene rings is 1. The molecule has 0 aliphatic rings. The molecule has 0 bridgehead atoms. The van der Waals surface area contributed by atoms with Crippen LogP contribution >= 0.6 is 11.3 Å². The average Bonchev–Trinajstić information content (AvgIpc) is 2.95. The van der Waals surface area contributed by atoms with Gasteiger partial charge >= 0.3 is 12.1 Å². The minimum Gasteiger partial charge on any atom is -0.450 e. The van der Waals surface area contributed by atoms with Crippen molar-refractivity contribution in [2.45, 2.75) is 27.3 Å². The zero-order chi connectivity index (χ0) is 17.5. The minimum absolute atomic E-state index is 0.294. The number of aromatic nitrogens is 1. The normalized spacial score (nSPS) is 10.1. The van der Waals surface area contributed by atoms with E-state index in [1.807, 2.05) is 13.8 Å². The Morgan fingerprint density at radius 3 is 2.54 bits per heavy atom. The van der Waals surface area contributed by atoms with E-state index >= 15 is 0 Å². The summed E-state index contributed by atoms with van der Waals surface area (Å²) < 4.78 is 4.86. The molecule has 7 nitrogen and oxygen atoms in total. The number of anilines is 2. The fourth-order valence-electron chi connectivity index (χ4n) is 2.01. The van der Waals surface area contributed by atoms with Gasteiger partial charge in [0, 0.05) is 16.3 Å². The monoisotopic (exact) mass is 348 g/mol. The van der Waals surface area contributed by atoms with E-state index < -0.39 is 6.09 Å². The Kier molecular flexibility index (Phi) is 6.14. The molecular weight excluding hydrogens is 328 g/mol. The molecule has 1 heterocycles. The highest BCUT2D eigenvalue weighted by atomic mass is 32.1. The molecule has 0 spiro atoms. The topological polar surface area (TPSA) is 92.4 Å². The highest BCUT2D eigenvalue weighted by Crippen LogP contribution is 2.23. The maximum absolute atomic E-state index is 12.1. The van der Waals surface area contributed by atoms with Gasteiger partial charge < -0.3 is 15.4 Å². The third-order valence-electron chi connectivity index (χ3n) is 3.35. The van der Waals surface area contributed by atoms with Crippen molar-refractivity contribution >= 4 is 34.8 Å². The molecule has 2 rings (SSSR count). The zero-order valence-electron chi connectivity index (χ0n) is 13.8. The molecule has 0 saturated carbocycles. The van der Waals surface area contributed by atoms with Gasteiger partial charge in [-0.1, -0.05) is 6.07 Å². The molecule has 0 aliphatic heterocycles. The number of carbonyl (C=O) groups is 2. The van der Waals surface area contributed by atoms with E-state index in [2.05, 4.69) is 20.9 Å². The highest BCUT2D eigenvalue weighted by molar-refractivity contribution is 7.09. The molecule has 1 aromatic carbocycles. The second kappa shape index (κ2) is 8.30. The van der Waals surface area contributed by atoms with Crippen LogP contribution in [0.25, 0.3) is 0 Å². The number of thiazole rings is 1. The summed E-state index contributed by atoms with van der Waals surface area (Å²) >= 11 is 1.50. The summed E-state index contributed by atoms with van der Waals surface area (Å²) in [5.74, 6) is 0. The van der Waals surface area contributed by atoms with E-state index in [0.717, 1.165) is 16.1 Å². The minimum atomic E-state index is -0.525. The molecule has 2 aromatic rings. The van der Waals surface area contributed by atoms with Gasteiger partial charge in [-0.2, -0.15) is 0 Å². The first-order valence-electron chi connectivity index (χ1n) is 7.48. The predicted molar refractivity (Wildman–Crippen MR) is 94.5 cm³/mol.